The van der Waals surface area contributed by atoms with E-state index in [0.717, 1.165) is 12.8 Å². The Bertz CT molecular complexity index is 419. The fourth-order valence-corrected chi connectivity index (χ4v) is 2.03. The van der Waals surface area contributed by atoms with Gasteiger partial charge in [-0.3, -0.25) is 4.79 Å². The molecular formula is C13H17NO3. The number of rotatable bonds is 2. The van der Waals surface area contributed by atoms with Crippen LogP contribution in [0.4, 0.5) is 5.69 Å². The maximum absolute atomic E-state index is 12.1. The summed E-state index contributed by atoms with van der Waals surface area (Å²) in [7, 11) is 1.70. The van der Waals surface area contributed by atoms with Crippen LogP contribution in [0.1, 0.15) is 19.8 Å². The zero-order valence-electron chi connectivity index (χ0n) is 10.1. The highest BCUT2D eigenvalue weighted by Gasteiger charge is 2.30. The Balaban J connectivity index is 2.09. The average Bonchev–Trinajstić information content (AvgIpc) is 2.74. The summed E-state index contributed by atoms with van der Waals surface area (Å²) in [5.74, 6) is 0.0998. The van der Waals surface area contributed by atoms with Crippen LogP contribution in [0.25, 0.3) is 0 Å². The number of phenols is 1. The number of hydrogen-bond donors (Lipinski definition) is 1. The zero-order chi connectivity index (χ0) is 12.4. The molecule has 4 heteroatoms. The first-order valence-electron chi connectivity index (χ1n) is 5.80. The molecule has 2 rings (SSSR count). The predicted molar refractivity (Wildman–Crippen MR) is 65.1 cm³/mol. The van der Waals surface area contributed by atoms with Gasteiger partial charge in [-0.05, 0) is 31.9 Å². The van der Waals surface area contributed by atoms with Crippen LogP contribution in [0.2, 0.25) is 0 Å². The number of likely N-dealkylation sites (N-methyl/N-ethyl adjacent to an activating group) is 1. The second-order valence-corrected chi connectivity index (χ2v) is 4.43. The summed E-state index contributed by atoms with van der Waals surface area (Å²) in [6.07, 6.45) is 1.49. The van der Waals surface area contributed by atoms with Crippen LogP contribution in [-0.2, 0) is 9.53 Å². The number of benzene rings is 1. The summed E-state index contributed by atoms with van der Waals surface area (Å²) in [5.41, 5.74) is 0.679. The second-order valence-electron chi connectivity index (χ2n) is 4.43. The molecule has 1 aromatic rings. The normalized spacial score (nSPS) is 23.6. The Hall–Kier alpha value is -1.55. The third-order valence-corrected chi connectivity index (χ3v) is 3.06. The van der Waals surface area contributed by atoms with Crippen LogP contribution in [0.3, 0.4) is 0 Å². The number of phenolic OH excluding ortho intramolecular Hbond substituents is 1. The van der Waals surface area contributed by atoms with E-state index >= 15 is 0 Å². The number of amides is 1. The van der Waals surface area contributed by atoms with E-state index < -0.39 is 0 Å². The summed E-state index contributed by atoms with van der Waals surface area (Å²) in [6.45, 7) is 1.97. The third kappa shape index (κ3) is 2.58. The van der Waals surface area contributed by atoms with Gasteiger partial charge in [-0.2, -0.15) is 0 Å². The van der Waals surface area contributed by atoms with E-state index in [0.29, 0.717) is 5.69 Å². The number of hydrogen-bond acceptors (Lipinski definition) is 3. The lowest BCUT2D eigenvalue weighted by atomic mass is 10.2. The summed E-state index contributed by atoms with van der Waals surface area (Å²) in [4.78, 5) is 13.7. The van der Waals surface area contributed by atoms with Crippen LogP contribution in [0.5, 0.6) is 5.75 Å². The Labute approximate surface area is 101 Å². The van der Waals surface area contributed by atoms with E-state index in [2.05, 4.69) is 0 Å². The molecule has 2 unspecified atom stereocenters. The van der Waals surface area contributed by atoms with Crippen LogP contribution in [-0.4, -0.2) is 30.3 Å². The largest absolute Gasteiger partial charge is 0.508 e. The van der Waals surface area contributed by atoms with E-state index in [1.165, 1.54) is 4.90 Å². The molecule has 1 heterocycles. The van der Waals surface area contributed by atoms with Crippen molar-refractivity contribution in [3.05, 3.63) is 24.3 Å². The van der Waals surface area contributed by atoms with Crippen molar-refractivity contribution < 1.29 is 14.6 Å². The molecule has 92 valence electrons. The Kier molecular flexibility index (Phi) is 3.33. The minimum absolute atomic E-state index is 0.0556. The minimum atomic E-state index is -0.350. The monoisotopic (exact) mass is 235 g/mol. The summed E-state index contributed by atoms with van der Waals surface area (Å²) in [5, 5.41) is 9.38. The first-order chi connectivity index (χ1) is 8.08. The fraction of sp³-hybridized carbons (Fsp3) is 0.462. The molecule has 1 N–H and O–H groups in total. The van der Waals surface area contributed by atoms with Gasteiger partial charge in [0.1, 0.15) is 11.9 Å². The summed E-state index contributed by atoms with van der Waals surface area (Å²) < 4.78 is 5.54. The lowest BCUT2D eigenvalue weighted by molar-refractivity contribution is -0.128. The van der Waals surface area contributed by atoms with Crippen LogP contribution >= 0.6 is 0 Å². The lowest BCUT2D eigenvalue weighted by Crippen LogP contribution is -2.36. The van der Waals surface area contributed by atoms with Gasteiger partial charge >= 0.3 is 0 Å². The number of aromatic hydroxyl groups is 1. The van der Waals surface area contributed by atoms with E-state index in [1.54, 1.807) is 31.3 Å². The van der Waals surface area contributed by atoms with Gasteiger partial charge in [0, 0.05) is 18.8 Å². The molecule has 1 aromatic carbocycles. The van der Waals surface area contributed by atoms with Gasteiger partial charge in [-0.1, -0.05) is 6.07 Å². The quantitative estimate of drug-likeness (QED) is 0.852. The van der Waals surface area contributed by atoms with Crippen LogP contribution < -0.4 is 4.90 Å². The zero-order valence-corrected chi connectivity index (χ0v) is 10.1. The average molecular weight is 235 g/mol. The van der Waals surface area contributed by atoms with Crippen molar-refractivity contribution in [1.29, 1.82) is 0 Å². The number of carbonyl (C=O) groups is 1. The maximum Gasteiger partial charge on any atom is 0.255 e. The number of carbonyl (C=O) groups excluding carboxylic acids is 1. The molecule has 2 atom stereocenters. The van der Waals surface area contributed by atoms with Crippen LogP contribution in [0.15, 0.2) is 24.3 Å². The van der Waals surface area contributed by atoms with Crippen molar-refractivity contribution >= 4 is 11.6 Å². The highest BCUT2D eigenvalue weighted by molar-refractivity contribution is 5.96. The fourth-order valence-electron chi connectivity index (χ4n) is 2.03. The molecule has 1 amide bonds. The van der Waals surface area contributed by atoms with Gasteiger partial charge in [-0.25, -0.2) is 0 Å². The Morgan fingerprint density at radius 1 is 1.47 bits per heavy atom. The maximum atomic E-state index is 12.1. The topological polar surface area (TPSA) is 49.8 Å². The lowest BCUT2D eigenvalue weighted by Gasteiger charge is -2.21. The third-order valence-electron chi connectivity index (χ3n) is 3.06. The van der Waals surface area contributed by atoms with E-state index in [9.17, 15) is 9.90 Å². The SMILES string of the molecule is CC1CCC(C(=O)N(C)c2cccc(O)c2)O1. The van der Waals surface area contributed by atoms with E-state index in [-0.39, 0.29) is 23.9 Å². The van der Waals surface area contributed by atoms with Gasteiger partial charge in [0.05, 0.1) is 6.10 Å². The standard InChI is InChI=1S/C13H17NO3/c1-9-6-7-12(17-9)13(16)14(2)10-4-3-5-11(15)8-10/h3-5,8-9,12,15H,6-7H2,1-2H3. The van der Waals surface area contributed by atoms with Crippen molar-refractivity contribution in [3.8, 4) is 5.75 Å². The summed E-state index contributed by atoms with van der Waals surface area (Å²) in [6, 6.07) is 6.65. The van der Waals surface area contributed by atoms with Crippen molar-refractivity contribution in [2.45, 2.75) is 32.0 Å². The van der Waals surface area contributed by atoms with Crippen LogP contribution in [0, 0.1) is 0 Å². The highest BCUT2D eigenvalue weighted by atomic mass is 16.5. The van der Waals surface area contributed by atoms with E-state index in [4.69, 9.17) is 4.74 Å². The molecule has 1 fully saturated rings. The van der Waals surface area contributed by atoms with Gasteiger partial charge in [0.2, 0.25) is 0 Å². The first-order valence-corrected chi connectivity index (χ1v) is 5.80. The molecule has 0 aromatic heterocycles. The molecule has 1 aliphatic heterocycles. The summed E-state index contributed by atoms with van der Waals surface area (Å²) >= 11 is 0. The number of anilines is 1. The van der Waals surface area contributed by atoms with Crippen molar-refractivity contribution in [1.82, 2.24) is 0 Å². The molecule has 0 aliphatic carbocycles. The molecule has 0 spiro atoms. The molecule has 0 radical (unpaired) electrons. The first kappa shape index (κ1) is 11.9. The number of nitrogens with zero attached hydrogens (tertiary/aromatic N) is 1. The predicted octanol–water partition coefficient (Wildman–Crippen LogP) is 1.92. The van der Waals surface area contributed by atoms with Crippen molar-refractivity contribution in [2.24, 2.45) is 0 Å². The number of ether oxygens (including phenoxy) is 1. The van der Waals surface area contributed by atoms with Gasteiger partial charge in [0.25, 0.3) is 5.91 Å². The molecule has 1 saturated heterocycles. The van der Waals surface area contributed by atoms with Gasteiger partial charge < -0.3 is 14.7 Å². The van der Waals surface area contributed by atoms with Crippen molar-refractivity contribution in [3.63, 3.8) is 0 Å². The van der Waals surface area contributed by atoms with Gasteiger partial charge in [0.15, 0.2) is 0 Å². The molecule has 4 nitrogen and oxygen atoms in total. The highest BCUT2D eigenvalue weighted by Crippen LogP contribution is 2.24. The molecule has 0 bridgehead atoms. The molecular weight excluding hydrogens is 218 g/mol. The Morgan fingerprint density at radius 2 is 2.24 bits per heavy atom. The molecule has 1 aliphatic rings. The minimum Gasteiger partial charge on any atom is -0.508 e. The second kappa shape index (κ2) is 4.75. The molecule has 0 saturated carbocycles. The molecule has 17 heavy (non-hydrogen) atoms. The van der Waals surface area contributed by atoms with Crippen molar-refractivity contribution in [2.75, 3.05) is 11.9 Å². The van der Waals surface area contributed by atoms with E-state index in [1.807, 2.05) is 6.92 Å². The Morgan fingerprint density at radius 3 is 2.82 bits per heavy atom. The smallest absolute Gasteiger partial charge is 0.255 e. The van der Waals surface area contributed by atoms with Gasteiger partial charge in [-0.15, -0.1) is 0 Å².